The molecule has 0 unspecified atom stereocenters. The average molecular weight is 389 g/mol. The number of halogens is 1. The van der Waals surface area contributed by atoms with Crippen LogP contribution in [-0.4, -0.2) is 18.5 Å². The van der Waals surface area contributed by atoms with Crippen LogP contribution < -0.4 is 5.32 Å². The van der Waals surface area contributed by atoms with E-state index in [0.29, 0.717) is 4.88 Å². The number of ether oxygens (including phenoxy) is 1. The minimum Gasteiger partial charge on any atom is -0.451 e. The van der Waals surface area contributed by atoms with E-state index < -0.39 is 17.9 Å². The maximum atomic E-state index is 13.2. The number of hydrogen-bond donors (Lipinski definition) is 1. The molecule has 4 nitrogen and oxygen atoms in total. The molecule has 1 atom stereocenters. The van der Waals surface area contributed by atoms with Gasteiger partial charge in [-0.3, -0.25) is 4.79 Å². The number of rotatable bonds is 6. The lowest BCUT2D eigenvalue weighted by molar-refractivity contribution is -0.124. The molecular formula is C19H16FNO3S2. The molecule has 3 rings (SSSR count). The number of thiophene rings is 2. The van der Waals surface area contributed by atoms with E-state index in [0.717, 1.165) is 16.0 Å². The number of carbonyl (C=O) groups excluding carboxylic acids is 2. The van der Waals surface area contributed by atoms with Gasteiger partial charge in [-0.1, -0.05) is 18.2 Å². The van der Waals surface area contributed by atoms with Crippen LogP contribution in [0, 0.1) is 12.7 Å². The van der Waals surface area contributed by atoms with Crippen LogP contribution in [0.4, 0.5) is 4.39 Å². The molecule has 2 heterocycles. The van der Waals surface area contributed by atoms with Crippen molar-refractivity contribution in [2.24, 2.45) is 0 Å². The molecule has 0 aliphatic carbocycles. The molecule has 2 aromatic heterocycles. The van der Waals surface area contributed by atoms with Crippen LogP contribution in [0.3, 0.4) is 0 Å². The van der Waals surface area contributed by atoms with Crippen LogP contribution in [0.25, 0.3) is 0 Å². The smallest absolute Gasteiger partial charge is 0.349 e. The second-order valence-electron chi connectivity index (χ2n) is 5.58. The van der Waals surface area contributed by atoms with Crippen molar-refractivity contribution in [3.05, 3.63) is 79.9 Å². The van der Waals surface area contributed by atoms with Crippen molar-refractivity contribution in [2.75, 3.05) is 6.61 Å². The van der Waals surface area contributed by atoms with Gasteiger partial charge in [0, 0.05) is 4.88 Å². The van der Waals surface area contributed by atoms with E-state index in [2.05, 4.69) is 5.32 Å². The third kappa shape index (κ3) is 4.36. The van der Waals surface area contributed by atoms with Gasteiger partial charge in [0.1, 0.15) is 10.7 Å². The minimum atomic E-state index is -0.512. The number of hydrogen-bond acceptors (Lipinski definition) is 5. The highest BCUT2D eigenvalue weighted by molar-refractivity contribution is 7.12. The molecule has 0 aliphatic heterocycles. The highest BCUT2D eigenvalue weighted by Gasteiger charge is 2.20. The Morgan fingerprint density at radius 2 is 1.88 bits per heavy atom. The van der Waals surface area contributed by atoms with Crippen molar-refractivity contribution < 1.29 is 18.7 Å². The zero-order chi connectivity index (χ0) is 18.5. The Labute approximate surface area is 158 Å². The number of benzene rings is 1. The van der Waals surface area contributed by atoms with Crippen molar-refractivity contribution in [3.8, 4) is 0 Å². The SMILES string of the molecule is Cc1ccsc1C(=O)OCC(=O)N[C@H](c1ccc(F)cc1)c1cccs1. The average Bonchev–Trinajstić information content (AvgIpc) is 3.30. The first-order valence-electron chi connectivity index (χ1n) is 7.84. The maximum Gasteiger partial charge on any atom is 0.349 e. The Kier molecular flexibility index (Phi) is 5.80. The van der Waals surface area contributed by atoms with Crippen LogP contribution in [-0.2, 0) is 9.53 Å². The van der Waals surface area contributed by atoms with Gasteiger partial charge in [0.2, 0.25) is 0 Å². The predicted octanol–water partition coefficient (Wildman–Crippen LogP) is 4.32. The van der Waals surface area contributed by atoms with Crippen molar-refractivity contribution in [3.63, 3.8) is 0 Å². The normalized spacial score (nSPS) is 11.8. The van der Waals surface area contributed by atoms with Crippen LogP contribution in [0.15, 0.2) is 53.2 Å². The van der Waals surface area contributed by atoms with Crippen LogP contribution in [0.2, 0.25) is 0 Å². The van der Waals surface area contributed by atoms with E-state index in [1.807, 2.05) is 30.5 Å². The molecule has 134 valence electrons. The lowest BCUT2D eigenvalue weighted by atomic mass is 10.1. The molecule has 0 bridgehead atoms. The lowest BCUT2D eigenvalue weighted by Crippen LogP contribution is -2.32. The van der Waals surface area contributed by atoms with E-state index >= 15 is 0 Å². The molecule has 0 radical (unpaired) electrons. The number of nitrogens with one attached hydrogen (secondary N) is 1. The van der Waals surface area contributed by atoms with E-state index in [9.17, 15) is 14.0 Å². The molecule has 0 fully saturated rings. The van der Waals surface area contributed by atoms with Gasteiger partial charge in [0.05, 0.1) is 6.04 Å². The van der Waals surface area contributed by atoms with Gasteiger partial charge in [-0.2, -0.15) is 0 Å². The quantitative estimate of drug-likeness (QED) is 0.639. The molecule has 0 spiro atoms. The Bertz CT molecular complexity index is 888. The van der Waals surface area contributed by atoms with Crippen LogP contribution >= 0.6 is 22.7 Å². The zero-order valence-electron chi connectivity index (χ0n) is 13.9. The fourth-order valence-corrected chi connectivity index (χ4v) is 4.03. The maximum absolute atomic E-state index is 13.2. The molecule has 7 heteroatoms. The molecular weight excluding hydrogens is 373 g/mol. The predicted molar refractivity (Wildman–Crippen MR) is 100 cm³/mol. The summed E-state index contributed by atoms with van der Waals surface area (Å²) in [6, 6.07) is 11.1. The van der Waals surface area contributed by atoms with Crippen molar-refractivity contribution in [1.82, 2.24) is 5.32 Å². The number of esters is 1. The molecule has 0 aliphatic rings. The molecule has 0 saturated carbocycles. The molecule has 1 amide bonds. The third-order valence-electron chi connectivity index (χ3n) is 3.72. The Morgan fingerprint density at radius 3 is 2.50 bits per heavy atom. The van der Waals surface area contributed by atoms with E-state index in [1.165, 1.54) is 34.8 Å². The Balaban J connectivity index is 1.67. The number of amides is 1. The second kappa shape index (κ2) is 8.25. The molecule has 0 saturated heterocycles. The van der Waals surface area contributed by atoms with Gasteiger partial charge in [0.15, 0.2) is 6.61 Å². The molecule has 1 aromatic carbocycles. The van der Waals surface area contributed by atoms with Gasteiger partial charge in [-0.15, -0.1) is 22.7 Å². The molecule has 26 heavy (non-hydrogen) atoms. The highest BCUT2D eigenvalue weighted by Crippen LogP contribution is 2.26. The molecule has 1 N–H and O–H groups in total. The highest BCUT2D eigenvalue weighted by atomic mass is 32.1. The largest absolute Gasteiger partial charge is 0.451 e. The Morgan fingerprint density at radius 1 is 1.12 bits per heavy atom. The third-order valence-corrected chi connectivity index (χ3v) is 5.65. The van der Waals surface area contributed by atoms with Crippen molar-refractivity contribution in [2.45, 2.75) is 13.0 Å². The van der Waals surface area contributed by atoms with Crippen molar-refractivity contribution in [1.29, 1.82) is 0 Å². The van der Waals surface area contributed by atoms with E-state index in [4.69, 9.17) is 4.74 Å². The van der Waals surface area contributed by atoms with Gasteiger partial charge < -0.3 is 10.1 Å². The first kappa shape index (κ1) is 18.3. The summed E-state index contributed by atoms with van der Waals surface area (Å²) >= 11 is 2.76. The summed E-state index contributed by atoms with van der Waals surface area (Å²) in [6.45, 7) is 1.44. The summed E-state index contributed by atoms with van der Waals surface area (Å²) in [5.74, 6) is -1.28. The minimum absolute atomic E-state index is 0.342. The standard InChI is InChI=1S/C19H16FNO3S2/c1-12-8-10-26-18(12)19(23)24-11-16(22)21-17(15-3-2-9-25-15)13-4-6-14(20)7-5-13/h2-10,17H,11H2,1H3,(H,21,22)/t17-/m1/s1. The summed E-state index contributed by atoms with van der Waals surface area (Å²) in [6.07, 6.45) is 0. The first-order valence-corrected chi connectivity index (χ1v) is 9.60. The fraction of sp³-hybridized carbons (Fsp3) is 0.158. The van der Waals surface area contributed by atoms with Crippen LogP contribution in [0.1, 0.15) is 31.7 Å². The monoisotopic (exact) mass is 389 g/mol. The first-order chi connectivity index (χ1) is 12.5. The topological polar surface area (TPSA) is 55.4 Å². The molecule has 3 aromatic rings. The number of aryl methyl sites for hydroxylation is 1. The number of carbonyl (C=O) groups is 2. The van der Waals surface area contributed by atoms with Gasteiger partial charge >= 0.3 is 5.97 Å². The van der Waals surface area contributed by atoms with Gasteiger partial charge in [0.25, 0.3) is 5.91 Å². The summed E-state index contributed by atoms with van der Waals surface area (Å²) < 4.78 is 18.3. The fourth-order valence-electron chi connectivity index (χ4n) is 2.41. The van der Waals surface area contributed by atoms with Gasteiger partial charge in [-0.25, -0.2) is 9.18 Å². The zero-order valence-corrected chi connectivity index (χ0v) is 15.5. The van der Waals surface area contributed by atoms with E-state index in [1.54, 1.807) is 17.5 Å². The summed E-state index contributed by atoms with van der Waals surface area (Å²) in [5, 5.41) is 6.55. The van der Waals surface area contributed by atoms with Gasteiger partial charge in [-0.05, 0) is 53.1 Å². The lowest BCUT2D eigenvalue weighted by Gasteiger charge is -2.18. The van der Waals surface area contributed by atoms with Crippen molar-refractivity contribution >= 4 is 34.6 Å². The van der Waals surface area contributed by atoms with Crippen LogP contribution in [0.5, 0.6) is 0 Å². The summed E-state index contributed by atoms with van der Waals surface area (Å²) in [5.41, 5.74) is 1.57. The Hall–Kier alpha value is -2.51. The second-order valence-corrected chi connectivity index (χ2v) is 7.47. The summed E-state index contributed by atoms with van der Waals surface area (Å²) in [7, 11) is 0. The van der Waals surface area contributed by atoms with E-state index in [-0.39, 0.29) is 12.4 Å². The summed E-state index contributed by atoms with van der Waals surface area (Å²) in [4.78, 5) is 25.7.